The fourth-order valence-electron chi connectivity index (χ4n) is 2.40. The highest BCUT2D eigenvalue weighted by atomic mass is 16.6. The first-order valence-corrected chi connectivity index (χ1v) is 7.10. The summed E-state index contributed by atoms with van der Waals surface area (Å²) in [4.78, 5) is 25.1. The van der Waals surface area contributed by atoms with Crippen molar-refractivity contribution in [3.05, 3.63) is 33.1 Å². The van der Waals surface area contributed by atoms with Crippen molar-refractivity contribution < 1.29 is 24.4 Å². The van der Waals surface area contributed by atoms with Gasteiger partial charge in [0, 0.05) is 19.4 Å². The van der Waals surface area contributed by atoms with Gasteiger partial charge in [0.05, 0.1) is 25.9 Å². The number of ether oxygens (including phenoxy) is 3. The van der Waals surface area contributed by atoms with Crippen molar-refractivity contribution in [3.63, 3.8) is 0 Å². The zero-order valence-corrected chi connectivity index (χ0v) is 12.6. The standard InChI is InChI=1S/C13H21N3O7/c1-21-5-7(14)6-22-11-10(19)8(4-17)23-12(11)16-3-2-9(18)15-13(16)20/h2-3,7-8,10-12,17,19H,4-6,14H2,1H3,(H,15,18,20)/t7?,8-,10-,11-,12-/m1/s1. The summed E-state index contributed by atoms with van der Waals surface area (Å²) in [7, 11) is 1.50. The molecule has 1 fully saturated rings. The number of nitrogens with two attached hydrogens (primary N) is 1. The summed E-state index contributed by atoms with van der Waals surface area (Å²) in [5.41, 5.74) is 4.51. The van der Waals surface area contributed by atoms with Gasteiger partial charge in [0.2, 0.25) is 0 Å². The highest BCUT2D eigenvalue weighted by Crippen LogP contribution is 2.30. The van der Waals surface area contributed by atoms with Crippen LogP contribution in [0.5, 0.6) is 0 Å². The van der Waals surface area contributed by atoms with Crippen LogP contribution in [0, 0.1) is 0 Å². The van der Waals surface area contributed by atoms with Crippen molar-refractivity contribution >= 4 is 0 Å². The topological polar surface area (TPSA) is 149 Å². The molecule has 2 rings (SSSR count). The Morgan fingerprint density at radius 3 is 2.83 bits per heavy atom. The van der Waals surface area contributed by atoms with E-state index in [0.29, 0.717) is 0 Å². The van der Waals surface area contributed by atoms with Gasteiger partial charge in [-0.25, -0.2) is 4.79 Å². The lowest BCUT2D eigenvalue weighted by molar-refractivity contribution is -0.0791. The van der Waals surface area contributed by atoms with Crippen molar-refractivity contribution in [2.45, 2.75) is 30.6 Å². The number of rotatable bonds is 7. The van der Waals surface area contributed by atoms with Gasteiger partial charge in [0.1, 0.15) is 18.3 Å². The van der Waals surface area contributed by atoms with E-state index in [1.54, 1.807) is 0 Å². The second-order valence-corrected chi connectivity index (χ2v) is 5.27. The van der Waals surface area contributed by atoms with Gasteiger partial charge in [0.25, 0.3) is 5.56 Å². The van der Waals surface area contributed by atoms with E-state index >= 15 is 0 Å². The third-order valence-corrected chi connectivity index (χ3v) is 3.50. The molecule has 1 aromatic rings. The van der Waals surface area contributed by atoms with E-state index in [1.807, 2.05) is 0 Å². The zero-order valence-electron chi connectivity index (χ0n) is 12.6. The Bertz CT molecular complexity index is 616. The normalized spacial score (nSPS) is 28.9. The average Bonchev–Trinajstić information content (AvgIpc) is 2.81. The van der Waals surface area contributed by atoms with Gasteiger partial charge in [0.15, 0.2) is 6.23 Å². The van der Waals surface area contributed by atoms with Crippen molar-refractivity contribution in [2.75, 3.05) is 26.9 Å². The van der Waals surface area contributed by atoms with Gasteiger partial charge in [-0.1, -0.05) is 0 Å². The Kier molecular flexibility index (Phi) is 6.04. The summed E-state index contributed by atoms with van der Waals surface area (Å²) in [6.45, 7) is -0.123. The van der Waals surface area contributed by atoms with E-state index in [0.717, 1.165) is 10.6 Å². The lowest BCUT2D eigenvalue weighted by Gasteiger charge is -2.23. The van der Waals surface area contributed by atoms with E-state index in [4.69, 9.17) is 19.9 Å². The molecule has 130 valence electrons. The first-order chi connectivity index (χ1) is 11.0. The maximum atomic E-state index is 11.9. The highest BCUT2D eigenvalue weighted by molar-refractivity contribution is 4.94. The van der Waals surface area contributed by atoms with Crippen molar-refractivity contribution in [2.24, 2.45) is 5.73 Å². The lowest BCUT2D eigenvalue weighted by atomic mass is 10.1. The summed E-state index contributed by atoms with van der Waals surface area (Å²) >= 11 is 0. The molecule has 0 aliphatic carbocycles. The fourth-order valence-corrected chi connectivity index (χ4v) is 2.40. The Balaban J connectivity index is 2.20. The van der Waals surface area contributed by atoms with Crippen LogP contribution in [0.3, 0.4) is 0 Å². The van der Waals surface area contributed by atoms with Crippen LogP contribution in [0.25, 0.3) is 0 Å². The number of hydrogen-bond acceptors (Lipinski definition) is 8. The van der Waals surface area contributed by atoms with E-state index in [1.165, 1.54) is 13.3 Å². The van der Waals surface area contributed by atoms with Gasteiger partial charge in [-0.3, -0.25) is 14.3 Å². The summed E-state index contributed by atoms with van der Waals surface area (Å²) < 4.78 is 17.0. The van der Waals surface area contributed by atoms with Gasteiger partial charge < -0.3 is 30.2 Å². The zero-order chi connectivity index (χ0) is 17.0. The quantitative estimate of drug-likeness (QED) is 0.417. The molecule has 0 amide bonds. The second kappa shape index (κ2) is 7.81. The van der Waals surface area contributed by atoms with E-state index < -0.39 is 48.4 Å². The number of nitrogens with zero attached hydrogens (tertiary/aromatic N) is 1. The van der Waals surface area contributed by atoms with Gasteiger partial charge >= 0.3 is 5.69 Å². The van der Waals surface area contributed by atoms with Crippen molar-refractivity contribution in [1.82, 2.24) is 9.55 Å². The van der Waals surface area contributed by atoms with E-state index in [-0.39, 0.29) is 13.2 Å². The van der Waals surface area contributed by atoms with Crippen LogP contribution in [0.4, 0.5) is 0 Å². The number of nitrogens with one attached hydrogen (secondary N) is 1. The molecule has 5 atom stereocenters. The molecule has 1 unspecified atom stereocenters. The first kappa shape index (κ1) is 17.8. The molecule has 1 saturated heterocycles. The maximum Gasteiger partial charge on any atom is 0.330 e. The molecule has 1 aliphatic rings. The smallest absolute Gasteiger partial charge is 0.330 e. The molecule has 0 radical (unpaired) electrons. The van der Waals surface area contributed by atoms with Crippen LogP contribution in [-0.4, -0.2) is 71.0 Å². The molecule has 0 spiro atoms. The van der Waals surface area contributed by atoms with Gasteiger partial charge in [-0.2, -0.15) is 0 Å². The maximum absolute atomic E-state index is 11.9. The number of aromatic amines is 1. The minimum atomic E-state index is -1.15. The van der Waals surface area contributed by atoms with E-state index in [9.17, 15) is 19.8 Å². The number of aromatic nitrogens is 2. The molecule has 0 aromatic carbocycles. The number of hydrogen-bond donors (Lipinski definition) is 4. The minimum absolute atomic E-state index is 0.0612. The molecule has 0 bridgehead atoms. The first-order valence-electron chi connectivity index (χ1n) is 7.10. The third kappa shape index (κ3) is 4.05. The number of aliphatic hydroxyl groups excluding tert-OH is 2. The Morgan fingerprint density at radius 2 is 2.22 bits per heavy atom. The highest BCUT2D eigenvalue weighted by Gasteiger charge is 2.45. The Morgan fingerprint density at radius 1 is 1.48 bits per heavy atom. The van der Waals surface area contributed by atoms with Crippen molar-refractivity contribution in [3.8, 4) is 0 Å². The predicted octanol–water partition coefficient (Wildman–Crippen LogP) is -2.85. The van der Waals surface area contributed by atoms with Gasteiger partial charge in [-0.15, -0.1) is 0 Å². The third-order valence-electron chi connectivity index (χ3n) is 3.50. The molecule has 10 nitrogen and oxygen atoms in total. The SMILES string of the molecule is COCC(N)CO[C@@H]1[C@H](O)[C@@H](CO)O[C@H]1n1ccc(=O)[nH]c1=O. The molecular formula is C13H21N3O7. The van der Waals surface area contributed by atoms with Crippen LogP contribution in [-0.2, 0) is 14.2 Å². The van der Waals surface area contributed by atoms with Gasteiger partial charge in [-0.05, 0) is 0 Å². The van der Waals surface area contributed by atoms with Crippen LogP contribution >= 0.6 is 0 Å². The lowest BCUT2D eigenvalue weighted by Crippen LogP contribution is -2.42. The average molecular weight is 331 g/mol. The molecule has 1 aromatic heterocycles. The summed E-state index contributed by atoms with van der Waals surface area (Å²) in [5, 5.41) is 19.5. The monoisotopic (exact) mass is 331 g/mol. The summed E-state index contributed by atoms with van der Waals surface area (Å²) in [5.74, 6) is 0. The van der Waals surface area contributed by atoms with Crippen LogP contribution in [0.2, 0.25) is 0 Å². The fraction of sp³-hybridized carbons (Fsp3) is 0.692. The molecule has 0 saturated carbocycles. The number of aliphatic hydroxyl groups is 2. The van der Waals surface area contributed by atoms with Crippen LogP contribution in [0.15, 0.2) is 21.9 Å². The molecule has 2 heterocycles. The molecule has 5 N–H and O–H groups in total. The second-order valence-electron chi connectivity index (χ2n) is 5.27. The van der Waals surface area contributed by atoms with Crippen LogP contribution < -0.4 is 17.0 Å². The molecule has 10 heteroatoms. The molecule has 23 heavy (non-hydrogen) atoms. The Hall–Kier alpha value is -1.56. The number of methoxy groups -OCH3 is 1. The van der Waals surface area contributed by atoms with Crippen LogP contribution in [0.1, 0.15) is 6.23 Å². The minimum Gasteiger partial charge on any atom is -0.394 e. The van der Waals surface area contributed by atoms with E-state index in [2.05, 4.69) is 4.98 Å². The molecule has 1 aliphatic heterocycles. The summed E-state index contributed by atoms with van der Waals surface area (Å²) in [6, 6.07) is 0.727. The number of H-pyrrole nitrogens is 1. The predicted molar refractivity (Wildman–Crippen MR) is 77.9 cm³/mol. The summed E-state index contributed by atoms with van der Waals surface area (Å²) in [6.07, 6.45) is -2.76. The molecular weight excluding hydrogens is 310 g/mol. The largest absolute Gasteiger partial charge is 0.394 e. The Labute approximate surface area is 131 Å². The van der Waals surface area contributed by atoms with Crippen molar-refractivity contribution in [1.29, 1.82) is 0 Å².